The predicted molar refractivity (Wildman–Crippen MR) is 90.0 cm³/mol. The normalized spacial score (nSPS) is 13.1. The van der Waals surface area contributed by atoms with Gasteiger partial charge in [-0.25, -0.2) is 0 Å². The molecule has 0 heterocycles. The maximum absolute atomic E-state index is 6.53. The Morgan fingerprint density at radius 1 is 0.750 bits per heavy atom. The van der Waals surface area contributed by atoms with Crippen molar-refractivity contribution in [3.63, 3.8) is 0 Å². The third-order valence-electron chi connectivity index (χ3n) is 3.98. The van der Waals surface area contributed by atoms with Gasteiger partial charge in [-0.3, -0.25) is 0 Å². The zero-order valence-electron chi connectivity index (χ0n) is 12.2. The molecule has 0 saturated carbocycles. The van der Waals surface area contributed by atoms with E-state index in [1.165, 1.54) is 21.9 Å². The van der Waals surface area contributed by atoms with Gasteiger partial charge in [0.15, 0.2) is 0 Å². The van der Waals surface area contributed by atoms with Gasteiger partial charge in [-0.1, -0.05) is 23.2 Å². The molecule has 1 aliphatic carbocycles. The number of hydrogen-bond acceptors (Lipinski definition) is 2. The topological polar surface area (TPSA) is 6.48 Å². The van der Waals surface area contributed by atoms with Gasteiger partial charge in [0, 0.05) is 33.6 Å². The third kappa shape index (κ3) is 1.86. The minimum Gasteiger partial charge on any atom is -0.376 e. The Bertz CT molecular complexity index is 649. The first-order valence-corrected chi connectivity index (χ1v) is 7.48. The second-order valence-electron chi connectivity index (χ2n) is 5.77. The van der Waals surface area contributed by atoms with Crippen LogP contribution in [0.1, 0.15) is 11.1 Å². The summed E-state index contributed by atoms with van der Waals surface area (Å²) in [6, 6.07) is 4.23. The fourth-order valence-electron chi connectivity index (χ4n) is 3.24. The van der Waals surface area contributed by atoms with Crippen molar-refractivity contribution in [3.8, 4) is 0 Å². The predicted octanol–water partition coefficient (Wildman–Crippen LogP) is 4.38. The standard InChI is InChI=1S/C16H18Cl2N2/c1-19(2)15-11(17)7-9-5-6-10-8-12(18)16(20(3)4)14(15)13(9)10/h7-8H,5-6H2,1-4H3. The molecule has 0 radical (unpaired) electrons. The second kappa shape index (κ2) is 4.71. The fourth-order valence-corrected chi connectivity index (χ4v) is 4.03. The number of halogens is 2. The van der Waals surface area contributed by atoms with E-state index in [1.807, 2.05) is 28.2 Å². The van der Waals surface area contributed by atoms with Crippen LogP contribution in [0.3, 0.4) is 0 Å². The zero-order valence-corrected chi connectivity index (χ0v) is 13.7. The molecule has 0 aliphatic heterocycles. The lowest BCUT2D eigenvalue weighted by molar-refractivity contribution is 1.02. The molecular weight excluding hydrogens is 291 g/mol. The molecule has 0 atom stereocenters. The lowest BCUT2D eigenvalue weighted by atomic mass is 10.00. The molecule has 0 bridgehead atoms. The largest absolute Gasteiger partial charge is 0.376 e. The van der Waals surface area contributed by atoms with Crippen LogP contribution in [-0.4, -0.2) is 28.2 Å². The Kier molecular flexibility index (Phi) is 3.26. The van der Waals surface area contributed by atoms with E-state index in [4.69, 9.17) is 23.2 Å². The Labute approximate surface area is 129 Å². The van der Waals surface area contributed by atoms with Crippen molar-refractivity contribution < 1.29 is 0 Å². The van der Waals surface area contributed by atoms with Crippen molar-refractivity contribution >= 4 is 45.3 Å². The van der Waals surface area contributed by atoms with Gasteiger partial charge in [-0.15, -0.1) is 0 Å². The van der Waals surface area contributed by atoms with E-state index >= 15 is 0 Å². The van der Waals surface area contributed by atoms with E-state index in [2.05, 4.69) is 21.9 Å². The van der Waals surface area contributed by atoms with Crippen LogP contribution in [0.4, 0.5) is 11.4 Å². The molecule has 0 N–H and O–H groups in total. The van der Waals surface area contributed by atoms with E-state index in [0.717, 1.165) is 34.3 Å². The highest BCUT2D eigenvalue weighted by Gasteiger charge is 2.24. The Hall–Kier alpha value is -1.12. The molecule has 4 heteroatoms. The summed E-state index contributed by atoms with van der Waals surface area (Å²) in [5.74, 6) is 0. The molecule has 0 amide bonds. The summed E-state index contributed by atoms with van der Waals surface area (Å²) in [6.07, 6.45) is 2.10. The average molecular weight is 309 g/mol. The van der Waals surface area contributed by atoms with Crippen molar-refractivity contribution in [1.29, 1.82) is 0 Å². The van der Waals surface area contributed by atoms with Gasteiger partial charge in [-0.2, -0.15) is 0 Å². The lowest BCUT2D eigenvalue weighted by Gasteiger charge is -2.25. The maximum Gasteiger partial charge on any atom is 0.0652 e. The van der Waals surface area contributed by atoms with E-state index in [1.54, 1.807) is 0 Å². The maximum atomic E-state index is 6.53. The Morgan fingerprint density at radius 2 is 1.15 bits per heavy atom. The van der Waals surface area contributed by atoms with Gasteiger partial charge in [0.2, 0.25) is 0 Å². The molecular formula is C16H18Cl2N2. The first kappa shape index (κ1) is 13.8. The summed E-state index contributed by atoms with van der Waals surface area (Å²) >= 11 is 13.1. The van der Waals surface area contributed by atoms with Crippen LogP contribution in [0.5, 0.6) is 0 Å². The van der Waals surface area contributed by atoms with Crippen molar-refractivity contribution in [3.05, 3.63) is 33.3 Å². The molecule has 2 nitrogen and oxygen atoms in total. The van der Waals surface area contributed by atoms with E-state index in [-0.39, 0.29) is 0 Å². The molecule has 20 heavy (non-hydrogen) atoms. The third-order valence-corrected chi connectivity index (χ3v) is 4.55. The first-order valence-electron chi connectivity index (χ1n) is 6.73. The molecule has 106 valence electrons. The Balaban J connectivity index is 2.56. The highest BCUT2D eigenvalue weighted by Crippen LogP contribution is 2.47. The van der Waals surface area contributed by atoms with Gasteiger partial charge in [0.05, 0.1) is 21.4 Å². The monoisotopic (exact) mass is 308 g/mol. The van der Waals surface area contributed by atoms with Gasteiger partial charge in [-0.05, 0) is 41.5 Å². The minimum absolute atomic E-state index is 0.802. The number of benzene rings is 2. The summed E-state index contributed by atoms with van der Waals surface area (Å²) < 4.78 is 0. The van der Waals surface area contributed by atoms with Crippen LogP contribution < -0.4 is 9.80 Å². The summed E-state index contributed by atoms with van der Waals surface area (Å²) in [7, 11) is 8.10. The van der Waals surface area contributed by atoms with Crippen LogP contribution in [-0.2, 0) is 12.8 Å². The molecule has 0 aromatic heterocycles. The van der Waals surface area contributed by atoms with E-state index in [0.29, 0.717) is 0 Å². The number of nitrogens with zero attached hydrogens (tertiary/aromatic N) is 2. The smallest absolute Gasteiger partial charge is 0.0652 e. The van der Waals surface area contributed by atoms with Gasteiger partial charge in [0.25, 0.3) is 0 Å². The minimum atomic E-state index is 0.802. The van der Waals surface area contributed by atoms with E-state index < -0.39 is 0 Å². The number of anilines is 2. The van der Waals surface area contributed by atoms with E-state index in [9.17, 15) is 0 Å². The van der Waals surface area contributed by atoms with Crippen molar-refractivity contribution in [2.45, 2.75) is 12.8 Å². The molecule has 0 spiro atoms. The first-order chi connectivity index (χ1) is 9.41. The second-order valence-corrected chi connectivity index (χ2v) is 6.59. The van der Waals surface area contributed by atoms with Gasteiger partial charge >= 0.3 is 0 Å². The summed E-state index contributed by atoms with van der Waals surface area (Å²) in [5, 5.41) is 4.13. The molecule has 2 aromatic carbocycles. The number of aryl methyl sites for hydroxylation is 2. The quantitative estimate of drug-likeness (QED) is 0.812. The molecule has 0 fully saturated rings. The Morgan fingerprint density at radius 3 is 1.50 bits per heavy atom. The van der Waals surface area contributed by atoms with Crippen LogP contribution in [0.2, 0.25) is 10.0 Å². The lowest BCUT2D eigenvalue weighted by Crippen LogP contribution is -2.14. The molecule has 2 aromatic rings. The zero-order chi connectivity index (χ0) is 14.6. The van der Waals surface area contributed by atoms with Crippen LogP contribution in [0, 0.1) is 0 Å². The average Bonchev–Trinajstić information content (AvgIpc) is 2.71. The van der Waals surface area contributed by atoms with Crippen molar-refractivity contribution in [1.82, 2.24) is 0 Å². The van der Waals surface area contributed by atoms with Gasteiger partial charge < -0.3 is 9.80 Å². The number of rotatable bonds is 2. The molecule has 3 rings (SSSR count). The SMILES string of the molecule is CN(C)c1c(Cl)cc2c3c(cc(Cl)c(N(C)C)c13)CC2. The summed E-state index contributed by atoms with van der Waals surface area (Å²) in [6.45, 7) is 0. The number of hydrogen-bond donors (Lipinski definition) is 0. The van der Waals surface area contributed by atoms with Gasteiger partial charge in [0.1, 0.15) is 0 Å². The highest BCUT2D eigenvalue weighted by molar-refractivity contribution is 6.39. The van der Waals surface area contributed by atoms with Crippen molar-refractivity contribution in [2.75, 3.05) is 38.0 Å². The molecule has 0 unspecified atom stereocenters. The van der Waals surface area contributed by atoms with Crippen molar-refractivity contribution in [2.24, 2.45) is 0 Å². The fraction of sp³-hybridized carbons (Fsp3) is 0.375. The van der Waals surface area contributed by atoms with Crippen LogP contribution >= 0.6 is 23.2 Å². The van der Waals surface area contributed by atoms with Crippen LogP contribution in [0.25, 0.3) is 10.8 Å². The summed E-state index contributed by atoms with van der Waals surface area (Å²) in [4.78, 5) is 4.15. The molecule has 1 aliphatic rings. The highest BCUT2D eigenvalue weighted by atomic mass is 35.5. The summed E-state index contributed by atoms with van der Waals surface area (Å²) in [5.41, 5.74) is 4.79. The molecule has 0 saturated heterocycles. The van der Waals surface area contributed by atoms with Crippen LogP contribution in [0.15, 0.2) is 12.1 Å².